The van der Waals surface area contributed by atoms with Crippen LogP contribution in [0.5, 0.6) is 0 Å². The lowest BCUT2D eigenvalue weighted by Crippen LogP contribution is -1.88. The molecular formula is C13H17NO3. The van der Waals surface area contributed by atoms with E-state index in [9.17, 15) is 4.79 Å². The molecule has 0 atom stereocenters. The van der Waals surface area contributed by atoms with E-state index in [1.807, 2.05) is 18.2 Å². The van der Waals surface area contributed by atoms with Crippen molar-refractivity contribution < 1.29 is 15.0 Å². The summed E-state index contributed by atoms with van der Waals surface area (Å²) in [5.74, 6) is -0.829. The Morgan fingerprint density at radius 2 is 1.94 bits per heavy atom. The summed E-state index contributed by atoms with van der Waals surface area (Å²) in [5.41, 5.74) is 0.924. The fourth-order valence-electron chi connectivity index (χ4n) is 0.620. The number of aliphatic hydroxyl groups excluding tert-OH is 1. The Bertz CT molecular complexity index is 334. The summed E-state index contributed by atoms with van der Waals surface area (Å²) in [6, 6.07) is 5.73. The first-order valence-electron chi connectivity index (χ1n) is 4.73. The number of aliphatic carboxylic acids is 1. The summed E-state index contributed by atoms with van der Waals surface area (Å²) in [7, 11) is 0. The maximum absolute atomic E-state index is 9.53. The summed E-state index contributed by atoms with van der Waals surface area (Å²) in [5, 5.41) is 15.2. The third kappa shape index (κ3) is 16.3. The van der Waals surface area contributed by atoms with E-state index >= 15 is 0 Å². The number of pyridine rings is 1. The lowest BCUT2D eigenvalue weighted by atomic mass is 10.4. The minimum absolute atomic E-state index is 0.0556. The van der Waals surface area contributed by atoms with Gasteiger partial charge in [-0.15, -0.1) is 6.58 Å². The van der Waals surface area contributed by atoms with Crippen LogP contribution in [0.3, 0.4) is 0 Å². The number of hydrogen-bond acceptors (Lipinski definition) is 3. The molecule has 4 nitrogen and oxygen atoms in total. The number of nitrogens with zero attached hydrogens (tertiary/aromatic N) is 1. The van der Waals surface area contributed by atoms with Gasteiger partial charge in [0.05, 0.1) is 18.4 Å². The molecule has 0 saturated heterocycles. The van der Waals surface area contributed by atoms with E-state index < -0.39 is 5.97 Å². The smallest absolute Gasteiger partial charge is 0.307 e. The number of hydrogen-bond donors (Lipinski definition) is 2. The highest BCUT2D eigenvalue weighted by Crippen LogP contribution is 1.91. The Labute approximate surface area is 101 Å². The zero-order valence-electron chi connectivity index (χ0n) is 9.62. The molecule has 1 aromatic heterocycles. The Morgan fingerprint density at radius 1 is 1.35 bits per heavy atom. The average molecular weight is 235 g/mol. The van der Waals surface area contributed by atoms with E-state index in [1.54, 1.807) is 12.3 Å². The molecule has 2 N–H and O–H groups in total. The minimum Gasteiger partial charge on any atom is -0.516 e. The zero-order valence-corrected chi connectivity index (χ0v) is 9.62. The molecule has 0 fully saturated rings. The van der Waals surface area contributed by atoms with Crippen LogP contribution in [0.15, 0.2) is 56.5 Å². The van der Waals surface area contributed by atoms with Gasteiger partial charge in [-0.3, -0.25) is 9.78 Å². The SMILES string of the molecule is C=CCC(=O)O.C=CO.C=Cc1ccccn1. The number of aromatic nitrogens is 1. The Morgan fingerprint density at radius 3 is 2.12 bits per heavy atom. The summed E-state index contributed by atoms with van der Waals surface area (Å²) in [4.78, 5) is 13.5. The van der Waals surface area contributed by atoms with Crippen LogP contribution >= 0.6 is 0 Å². The van der Waals surface area contributed by atoms with Gasteiger partial charge in [0.25, 0.3) is 0 Å². The first-order chi connectivity index (χ1) is 8.12. The van der Waals surface area contributed by atoms with Crippen molar-refractivity contribution in [2.24, 2.45) is 0 Å². The molecule has 0 aliphatic carbocycles. The van der Waals surface area contributed by atoms with Gasteiger partial charge in [-0.05, 0) is 18.2 Å². The molecule has 0 saturated carbocycles. The fraction of sp³-hybridized carbons (Fsp3) is 0.0769. The summed E-state index contributed by atoms with van der Waals surface area (Å²) >= 11 is 0. The fourth-order valence-corrected chi connectivity index (χ4v) is 0.620. The standard InChI is InChI=1S/C7H7N.C4H6O2.C2H4O/c1-2-7-5-3-4-6-8-7;1-2-3-4(5)6;1-2-3/h2-6H,1H2;2H,1,3H2,(H,5,6);2-3H,1H2. The van der Waals surface area contributed by atoms with Crippen molar-refractivity contribution in [1.82, 2.24) is 4.98 Å². The lowest BCUT2D eigenvalue weighted by Gasteiger charge is -1.84. The number of aliphatic hydroxyl groups is 1. The van der Waals surface area contributed by atoms with E-state index in [1.165, 1.54) is 6.08 Å². The molecule has 0 unspecified atom stereocenters. The van der Waals surface area contributed by atoms with Gasteiger partial charge >= 0.3 is 5.97 Å². The van der Waals surface area contributed by atoms with E-state index in [0.717, 1.165) is 12.0 Å². The van der Waals surface area contributed by atoms with Crippen molar-refractivity contribution >= 4 is 12.0 Å². The van der Waals surface area contributed by atoms with Crippen molar-refractivity contribution in [3.63, 3.8) is 0 Å². The number of rotatable bonds is 3. The molecule has 0 aliphatic heterocycles. The molecule has 1 aromatic rings. The Balaban J connectivity index is 0. The highest BCUT2D eigenvalue weighted by Gasteiger charge is 1.84. The van der Waals surface area contributed by atoms with Gasteiger partial charge in [0, 0.05) is 6.20 Å². The molecular weight excluding hydrogens is 218 g/mol. The van der Waals surface area contributed by atoms with Crippen LogP contribution in [0.1, 0.15) is 12.1 Å². The highest BCUT2D eigenvalue weighted by molar-refractivity contribution is 5.68. The summed E-state index contributed by atoms with van der Waals surface area (Å²) < 4.78 is 0. The quantitative estimate of drug-likeness (QED) is 0.624. The average Bonchev–Trinajstić information content (AvgIpc) is 2.32. The summed E-state index contributed by atoms with van der Waals surface area (Å²) in [6.45, 7) is 9.71. The predicted molar refractivity (Wildman–Crippen MR) is 69.6 cm³/mol. The van der Waals surface area contributed by atoms with Crippen LogP contribution in [-0.2, 0) is 4.79 Å². The maximum atomic E-state index is 9.53. The molecule has 0 amide bonds. The molecule has 0 radical (unpaired) electrons. The zero-order chi connectivity index (χ0) is 13.5. The second-order valence-corrected chi connectivity index (χ2v) is 2.53. The second-order valence-electron chi connectivity index (χ2n) is 2.53. The molecule has 0 aromatic carbocycles. The maximum Gasteiger partial charge on any atom is 0.307 e. The highest BCUT2D eigenvalue weighted by atomic mass is 16.4. The van der Waals surface area contributed by atoms with Gasteiger partial charge < -0.3 is 10.2 Å². The molecule has 0 spiro atoms. The van der Waals surface area contributed by atoms with Gasteiger partial charge in [-0.25, -0.2) is 0 Å². The van der Waals surface area contributed by atoms with Crippen molar-refractivity contribution in [1.29, 1.82) is 0 Å². The van der Waals surface area contributed by atoms with Crippen molar-refractivity contribution in [2.45, 2.75) is 6.42 Å². The van der Waals surface area contributed by atoms with Gasteiger partial charge in [0.2, 0.25) is 0 Å². The molecule has 0 bridgehead atoms. The van der Waals surface area contributed by atoms with Crippen molar-refractivity contribution in [2.75, 3.05) is 0 Å². The normalized spacial score (nSPS) is 7.29. The van der Waals surface area contributed by atoms with Crippen LogP contribution in [-0.4, -0.2) is 21.2 Å². The van der Waals surface area contributed by atoms with E-state index in [4.69, 9.17) is 10.2 Å². The number of carboxylic acid groups (broad SMARTS) is 1. The molecule has 1 rings (SSSR count). The minimum atomic E-state index is -0.829. The van der Waals surface area contributed by atoms with Crippen molar-refractivity contribution in [3.8, 4) is 0 Å². The van der Waals surface area contributed by atoms with Crippen LogP contribution < -0.4 is 0 Å². The van der Waals surface area contributed by atoms with Crippen molar-refractivity contribution in [3.05, 3.63) is 62.2 Å². The Kier molecular flexibility index (Phi) is 13.7. The molecule has 17 heavy (non-hydrogen) atoms. The van der Waals surface area contributed by atoms with Gasteiger partial charge in [-0.2, -0.15) is 0 Å². The van der Waals surface area contributed by atoms with Crippen LogP contribution in [0.4, 0.5) is 0 Å². The predicted octanol–water partition coefficient (Wildman–Crippen LogP) is 3.06. The molecule has 1 heterocycles. The largest absolute Gasteiger partial charge is 0.516 e. The van der Waals surface area contributed by atoms with Crippen LogP contribution in [0.2, 0.25) is 0 Å². The van der Waals surface area contributed by atoms with E-state index in [2.05, 4.69) is 24.7 Å². The van der Waals surface area contributed by atoms with E-state index in [-0.39, 0.29) is 6.42 Å². The number of carboxylic acids is 1. The first kappa shape index (κ1) is 17.0. The first-order valence-corrected chi connectivity index (χ1v) is 4.73. The van der Waals surface area contributed by atoms with Crippen LogP contribution in [0, 0.1) is 0 Å². The second kappa shape index (κ2) is 13.6. The van der Waals surface area contributed by atoms with Gasteiger partial charge in [0.15, 0.2) is 0 Å². The lowest BCUT2D eigenvalue weighted by molar-refractivity contribution is -0.135. The van der Waals surface area contributed by atoms with Gasteiger partial charge in [0.1, 0.15) is 0 Å². The van der Waals surface area contributed by atoms with Crippen LogP contribution in [0.25, 0.3) is 6.08 Å². The number of carbonyl (C=O) groups is 1. The summed E-state index contributed by atoms with van der Waals surface area (Å²) in [6.07, 6.45) is 5.62. The topological polar surface area (TPSA) is 70.4 Å². The molecule has 4 heteroatoms. The van der Waals surface area contributed by atoms with Gasteiger partial charge in [-0.1, -0.05) is 25.3 Å². The molecule has 0 aliphatic rings. The Hall–Kier alpha value is -2.36. The third-order valence-electron chi connectivity index (χ3n) is 1.22. The molecule has 92 valence electrons. The third-order valence-corrected chi connectivity index (χ3v) is 1.22. The van der Waals surface area contributed by atoms with E-state index in [0.29, 0.717) is 0 Å². The monoisotopic (exact) mass is 235 g/mol.